The Morgan fingerprint density at radius 2 is 2.00 bits per heavy atom. The van der Waals surface area contributed by atoms with Crippen LogP contribution in [0.5, 0.6) is 0 Å². The zero-order valence-electron chi connectivity index (χ0n) is 9.40. The second-order valence-corrected chi connectivity index (χ2v) is 4.88. The van der Waals surface area contributed by atoms with E-state index in [1.807, 2.05) is 13.8 Å². The van der Waals surface area contributed by atoms with E-state index < -0.39 is 11.7 Å². The van der Waals surface area contributed by atoms with E-state index in [1.165, 1.54) is 20.0 Å². The molecule has 0 aliphatic carbocycles. The van der Waals surface area contributed by atoms with Crippen molar-refractivity contribution in [2.45, 2.75) is 45.4 Å². The maximum absolute atomic E-state index is 9.96. The molecule has 2 N–H and O–H groups in total. The van der Waals surface area contributed by atoms with Crippen LogP contribution in [0.2, 0.25) is 5.02 Å². The van der Waals surface area contributed by atoms with Gasteiger partial charge in [0.25, 0.3) is 0 Å². The molecule has 1 aromatic rings. The quantitative estimate of drug-likeness (QED) is 0.837. The molecule has 0 fully saturated rings. The molecule has 0 spiro atoms. The Bertz CT molecular complexity index is 342. The fraction of sp³-hybridized carbons (Fsp3) is 0.700. The smallest absolute Gasteiger partial charge is 0.125 e. The minimum Gasteiger partial charge on any atom is -0.387 e. The lowest BCUT2D eigenvalue weighted by Gasteiger charge is -2.26. The first-order valence-electron chi connectivity index (χ1n) is 4.88. The number of nitrogens with zero attached hydrogens (tertiary/aromatic N) is 2. The summed E-state index contributed by atoms with van der Waals surface area (Å²) < 4.78 is 1.62. The van der Waals surface area contributed by atoms with Crippen LogP contribution in [-0.4, -0.2) is 25.6 Å². The molecule has 0 saturated carbocycles. The Morgan fingerprint density at radius 1 is 1.47 bits per heavy atom. The number of hydrogen-bond acceptors (Lipinski definition) is 3. The average molecular weight is 233 g/mol. The Morgan fingerprint density at radius 3 is 2.40 bits per heavy atom. The van der Waals surface area contributed by atoms with Crippen LogP contribution < -0.4 is 0 Å². The molecule has 1 atom stereocenters. The first-order valence-corrected chi connectivity index (χ1v) is 5.26. The molecule has 1 aromatic heterocycles. The summed E-state index contributed by atoms with van der Waals surface area (Å²) in [7, 11) is 0. The summed E-state index contributed by atoms with van der Waals surface area (Å²) in [6, 6.07) is 0.0875. The highest BCUT2D eigenvalue weighted by Crippen LogP contribution is 2.31. The van der Waals surface area contributed by atoms with Gasteiger partial charge in [0, 0.05) is 6.04 Å². The first-order chi connectivity index (χ1) is 6.75. The van der Waals surface area contributed by atoms with Crippen LogP contribution >= 0.6 is 11.6 Å². The van der Waals surface area contributed by atoms with Crippen molar-refractivity contribution in [3.8, 4) is 0 Å². The Kier molecular flexibility index (Phi) is 3.43. The van der Waals surface area contributed by atoms with Crippen LogP contribution in [0.4, 0.5) is 0 Å². The van der Waals surface area contributed by atoms with Gasteiger partial charge in [0.05, 0.1) is 22.5 Å². The lowest BCUT2D eigenvalue weighted by molar-refractivity contribution is -0.0541. The van der Waals surface area contributed by atoms with Crippen molar-refractivity contribution in [1.82, 2.24) is 9.78 Å². The van der Waals surface area contributed by atoms with Crippen molar-refractivity contribution >= 4 is 11.6 Å². The topological polar surface area (TPSA) is 58.3 Å². The van der Waals surface area contributed by atoms with Gasteiger partial charge in [-0.15, -0.1) is 0 Å². The summed E-state index contributed by atoms with van der Waals surface area (Å²) in [6.07, 6.45) is 0.432. The van der Waals surface area contributed by atoms with Gasteiger partial charge in [-0.25, -0.2) is 0 Å². The third-order valence-electron chi connectivity index (χ3n) is 2.20. The standard InChI is InChI=1S/C10H17ClN2O2/c1-6(2)13-8(7(11)5-12-13)9(14)10(3,4)15/h5-6,9,14-15H,1-4H3. The molecule has 0 aliphatic rings. The van der Waals surface area contributed by atoms with E-state index in [2.05, 4.69) is 5.10 Å². The molecule has 0 aliphatic heterocycles. The highest BCUT2D eigenvalue weighted by atomic mass is 35.5. The van der Waals surface area contributed by atoms with E-state index in [1.54, 1.807) is 4.68 Å². The second kappa shape index (κ2) is 4.12. The molecule has 0 saturated heterocycles. The van der Waals surface area contributed by atoms with Gasteiger partial charge < -0.3 is 10.2 Å². The van der Waals surface area contributed by atoms with Crippen LogP contribution in [0.3, 0.4) is 0 Å². The van der Waals surface area contributed by atoms with Crippen LogP contribution in [0.25, 0.3) is 0 Å². The largest absolute Gasteiger partial charge is 0.387 e. The monoisotopic (exact) mass is 232 g/mol. The molecule has 0 bridgehead atoms. The van der Waals surface area contributed by atoms with Gasteiger partial charge in [0.15, 0.2) is 0 Å². The van der Waals surface area contributed by atoms with Gasteiger partial charge in [-0.3, -0.25) is 4.68 Å². The van der Waals surface area contributed by atoms with Gasteiger partial charge in [-0.2, -0.15) is 5.10 Å². The number of aliphatic hydroxyl groups excluding tert-OH is 1. The summed E-state index contributed by atoms with van der Waals surface area (Å²) >= 11 is 5.94. The maximum atomic E-state index is 9.96. The van der Waals surface area contributed by atoms with Crippen LogP contribution in [-0.2, 0) is 0 Å². The van der Waals surface area contributed by atoms with Crippen molar-refractivity contribution < 1.29 is 10.2 Å². The second-order valence-electron chi connectivity index (χ2n) is 4.47. The lowest BCUT2D eigenvalue weighted by Crippen LogP contribution is -2.31. The van der Waals surface area contributed by atoms with E-state index in [4.69, 9.17) is 11.6 Å². The molecule has 4 nitrogen and oxygen atoms in total. The molecular weight excluding hydrogens is 216 g/mol. The van der Waals surface area contributed by atoms with Crippen molar-refractivity contribution in [1.29, 1.82) is 0 Å². The highest BCUT2D eigenvalue weighted by Gasteiger charge is 2.31. The van der Waals surface area contributed by atoms with E-state index in [0.717, 1.165) is 0 Å². The molecule has 5 heteroatoms. The molecular formula is C10H17ClN2O2. The SMILES string of the molecule is CC(C)n1ncc(Cl)c1C(O)C(C)(C)O. The summed E-state index contributed by atoms with van der Waals surface area (Å²) in [4.78, 5) is 0. The Labute approximate surface area is 94.5 Å². The third-order valence-corrected chi connectivity index (χ3v) is 2.50. The Balaban J connectivity index is 3.18. The average Bonchev–Trinajstić information content (AvgIpc) is 2.44. The van der Waals surface area contributed by atoms with E-state index in [-0.39, 0.29) is 6.04 Å². The highest BCUT2D eigenvalue weighted by molar-refractivity contribution is 6.31. The van der Waals surface area contributed by atoms with Crippen molar-refractivity contribution in [3.63, 3.8) is 0 Å². The van der Waals surface area contributed by atoms with Crippen molar-refractivity contribution in [2.75, 3.05) is 0 Å². The summed E-state index contributed by atoms with van der Waals surface area (Å²) in [5, 5.41) is 24.1. The lowest BCUT2D eigenvalue weighted by atomic mass is 9.99. The summed E-state index contributed by atoms with van der Waals surface area (Å²) in [5.74, 6) is 0. The van der Waals surface area contributed by atoms with Crippen LogP contribution in [0.15, 0.2) is 6.20 Å². The zero-order chi connectivity index (χ0) is 11.8. The molecule has 1 rings (SSSR count). The number of rotatable bonds is 3. The zero-order valence-corrected chi connectivity index (χ0v) is 10.2. The third kappa shape index (κ3) is 2.51. The van der Waals surface area contributed by atoms with Gasteiger partial charge in [-0.05, 0) is 27.7 Å². The van der Waals surface area contributed by atoms with Gasteiger partial charge in [-0.1, -0.05) is 11.6 Å². The predicted octanol–water partition coefficient (Wildman–Crippen LogP) is 1.92. The minimum absolute atomic E-state index is 0.0875. The summed E-state index contributed by atoms with van der Waals surface area (Å²) in [5.41, 5.74) is -0.782. The normalized spacial score (nSPS) is 14.7. The molecule has 0 radical (unpaired) electrons. The van der Waals surface area contributed by atoms with Gasteiger partial charge in [0.1, 0.15) is 6.10 Å². The van der Waals surface area contributed by atoms with E-state index in [9.17, 15) is 10.2 Å². The minimum atomic E-state index is -1.24. The van der Waals surface area contributed by atoms with E-state index in [0.29, 0.717) is 10.7 Å². The fourth-order valence-electron chi connectivity index (χ4n) is 1.35. The Hall–Kier alpha value is -0.580. The van der Waals surface area contributed by atoms with Gasteiger partial charge >= 0.3 is 0 Å². The molecule has 0 amide bonds. The maximum Gasteiger partial charge on any atom is 0.125 e. The molecule has 86 valence electrons. The molecule has 1 unspecified atom stereocenters. The molecule has 15 heavy (non-hydrogen) atoms. The number of halogens is 1. The van der Waals surface area contributed by atoms with Crippen molar-refractivity contribution in [3.05, 3.63) is 16.9 Å². The number of aromatic nitrogens is 2. The van der Waals surface area contributed by atoms with Crippen LogP contribution in [0.1, 0.15) is 45.5 Å². The predicted molar refractivity (Wildman–Crippen MR) is 58.9 cm³/mol. The number of hydrogen-bond donors (Lipinski definition) is 2. The summed E-state index contributed by atoms with van der Waals surface area (Å²) in [6.45, 7) is 6.94. The fourth-order valence-corrected chi connectivity index (χ4v) is 1.59. The number of aliphatic hydroxyl groups is 2. The first kappa shape index (κ1) is 12.5. The molecule has 0 aromatic carbocycles. The van der Waals surface area contributed by atoms with Crippen molar-refractivity contribution in [2.24, 2.45) is 0 Å². The van der Waals surface area contributed by atoms with Gasteiger partial charge in [0.2, 0.25) is 0 Å². The molecule has 1 heterocycles. The van der Waals surface area contributed by atoms with Crippen LogP contribution in [0, 0.1) is 0 Å². The van der Waals surface area contributed by atoms with E-state index >= 15 is 0 Å².